The van der Waals surface area contributed by atoms with E-state index in [-0.39, 0.29) is 6.61 Å². The van der Waals surface area contributed by atoms with Gasteiger partial charge >= 0.3 is 0 Å². The van der Waals surface area contributed by atoms with E-state index in [1.54, 1.807) is 11.8 Å². The summed E-state index contributed by atoms with van der Waals surface area (Å²) >= 11 is 1.56. The zero-order chi connectivity index (χ0) is 9.97. The molecule has 0 bridgehead atoms. The van der Waals surface area contributed by atoms with Gasteiger partial charge in [0.2, 0.25) is 0 Å². The summed E-state index contributed by atoms with van der Waals surface area (Å²) in [5.74, 6) is 0. The van der Waals surface area contributed by atoms with Crippen LogP contribution in [0.2, 0.25) is 0 Å². The van der Waals surface area contributed by atoms with Crippen molar-refractivity contribution in [3.05, 3.63) is 30.0 Å². The molecule has 1 heterocycles. The second-order valence-corrected chi connectivity index (χ2v) is 3.65. The van der Waals surface area contributed by atoms with E-state index < -0.39 is 0 Å². The van der Waals surface area contributed by atoms with Crippen molar-refractivity contribution in [2.24, 2.45) is 0 Å². The number of aliphatic hydroxyl groups is 1. The van der Waals surface area contributed by atoms with Crippen LogP contribution in [0.3, 0.4) is 0 Å². The van der Waals surface area contributed by atoms with E-state index in [1.807, 2.05) is 30.5 Å². The second-order valence-electron chi connectivity index (χ2n) is 2.86. The van der Waals surface area contributed by atoms with Crippen LogP contribution in [0.15, 0.2) is 29.3 Å². The first kappa shape index (κ1) is 9.43. The fourth-order valence-corrected chi connectivity index (χ4v) is 1.92. The van der Waals surface area contributed by atoms with E-state index in [1.165, 1.54) is 0 Å². The van der Waals surface area contributed by atoms with Crippen LogP contribution < -0.4 is 0 Å². The highest BCUT2D eigenvalue weighted by atomic mass is 32.2. The van der Waals surface area contributed by atoms with E-state index in [0.717, 1.165) is 15.8 Å². The monoisotopic (exact) mass is 206 g/mol. The molecule has 0 atom stereocenters. The maximum absolute atomic E-state index is 9.09. The minimum absolute atomic E-state index is 0.0673. The van der Waals surface area contributed by atoms with Gasteiger partial charge in [0, 0.05) is 10.8 Å². The third kappa shape index (κ3) is 1.47. The Morgan fingerprint density at radius 1 is 1.21 bits per heavy atom. The van der Waals surface area contributed by atoms with Crippen LogP contribution in [-0.4, -0.2) is 21.6 Å². The molecule has 0 saturated carbocycles. The van der Waals surface area contributed by atoms with Crippen LogP contribution in [0.5, 0.6) is 0 Å². The van der Waals surface area contributed by atoms with Gasteiger partial charge in [0.15, 0.2) is 0 Å². The third-order valence-corrected chi connectivity index (χ3v) is 2.76. The number of aromatic nitrogens is 2. The molecule has 0 fully saturated rings. The molecule has 0 spiro atoms. The standard InChI is InChI=1S/C10H10N2OS/c1-14-10-8-5-3-2-4-7(8)9(6-13)11-12-10/h2-5,13H,6H2,1H3. The lowest BCUT2D eigenvalue weighted by Crippen LogP contribution is -1.96. The molecule has 14 heavy (non-hydrogen) atoms. The van der Waals surface area contributed by atoms with Crippen molar-refractivity contribution in [3.8, 4) is 0 Å². The summed E-state index contributed by atoms with van der Waals surface area (Å²) in [7, 11) is 0. The van der Waals surface area contributed by atoms with Gasteiger partial charge in [0.05, 0.1) is 12.3 Å². The summed E-state index contributed by atoms with van der Waals surface area (Å²) in [5, 5.41) is 20.1. The molecule has 4 heteroatoms. The Morgan fingerprint density at radius 3 is 2.57 bits per heavy atom. The van der Waals surface area contributed by atoms with Gasteiger partial charge in [-0.25, -0.2) is 0 Å². The van der Waals surface area contributed by atoms with Crippen LogP contribution in [0.4, 0.5) is 0 Å². The molecule has 3 nitrogen and oxygen atoms in total. The van der Waals surface area contributed by atoms with Crippen molar-refractivity contribution in [2.45, 2.75) is 11.6 Å². The number of nitrogens with zero attached hydrogens (tertiary/aromatic N) is 2. The molecule has 2 aromatic rings. The Bertz CT molecular complexity index is 416. The molecule has 0 saturated heterocycles. The number of rotatable bonds is 2. The van der Waals surface area contributed by atoms with E-state index in [0.29, 0.717) is 5.69 Å². The summed E-state index contributed by atoms with van der Waals surface area (Å²) in [4.78, 5) is 0. The quantitative estimate of drug-likeness (QED) is 0.762. The van der Waals surface area contributed by atoms with Gasteiger partial charge in [0.25, 0.3) is 0 Å². The van der Waals surface area contributed by atoms with E-state index >= 15 is 0 Å². The average Bonchev–Trinajstić information content (AvgIpc) is 2.27. The van der Waals surface area contributed by atoms with Gasteiger partial charge in [-0.3, -0.25) is 0 Å². The normalized spacial score (nSPS) is 10.7. The Labute approximate surface area is 86.2 Å². The van der Waals surface area contributed by atoms with Crippen molar-refractivity contribution in [2.75, 3.05) is 6.26 Å². The van der Waals surface area contributed by atoms with E-state index in [4.69, 9.17) is 5.11 Å². The highest BCUT2D eigenvalue weighted by Crippen LogP contribution is 2.24. The van der Waals surface area contributed by atoms with Gasteiger partial charge in [-0.2, -0.15) is 5.10 Å². The zero-order valence-electron chi connectivity index (χ0n) is 7.77. The van der Waals surface area contributed by atoms with Crippen LogP contribution in [-0.2, 0) is 6.61 Å². The first-order chi connectivity index (χ1) is 6.86. The molecule has 0 aliphatic rings. The van der Waals surface area contributed by atoms with Crippen molar-refractivity contribution in [1.29, 1.82) is 0 Å². The number of aliphatic hydroxyl groups excluding tert-OH is 1. The first-order valence-electron chi connectivity index (χ1n) is 4.26. The number of benzene rings is 1. The lowest BCUT2D eigenvalue weighted by atomic mass is 10.1. The molecule has 1 aromatic heterocycles. The molecule has 0 unspecified atom stereocenters. The van der Waals surface area contributed by atoms with Crippen LogP contribution >= 0.6 is 11.8 Å². The maximum atomic E-state index is 9.09. The minimum atomic E-state index is -0.0673. The average molecular weight is 206 g/mol. The molecular weight excluding hydrogens is 196 g/mol. The molecule has 0 aliphatic carbocycles. The lowest BCUT2D eigenvalue weighted by Gasteiger charge is -2.04. The fourth-order valence-electron chi connectivity index (χ4n) is 1.40. The molecular formula is C10H10N2OS. The fraction of sp³-hybridized carbons (Fsp3) is 0.200. The van der Waals surface area contributed by atoms with Crippen molar-refractivity contribution in [1.82, 2.24) is 10.2 Å². The predicted octanol–water partition coefficient (Wildman–Crippen LogP) is 1.84. The van der Waals surface area contributed by atoms with Crippen molar-refractivity contribution < 1.29 is 5.11 Å². The highest BCUT2D eigenvalue weighted by Gasteiger charge is 2.06. The van der Waals surface area contributed by atoms with Gasteiger partial charge < -0.3 is 5.11 Å². The number of hydrogen-bond acceptors (Lipinski definition) is 4. The predicted molar refractivity (Wildman–Crippen MR) is 57.2 cm³/mol. The lowest BCUT2D eigenvalue weighted by molar-refractivity contribution is 0.277. The summed E-state index contributed by atoms with van der Waals surface area (Å²) in [5.41, 5.74) is 0.637. The number of fused-ring (bicyclic) bond motifs is 1. The molecule has 0 radical (unpaired) electrons. The smallest absolute Gasteiger partial charge is 0.126 e. The second kappa shape index (κ2) is 3.94. The summed E-state index contributed by atoms with van der Waals surface area (Å²) in [6.45, 7) is -0.0673. The summed E-state index contributed by atoms with van der Waals surface area (Å²) < 4.78 is 0. The zero-order valence-corrected chi connectivity index (χ0v) is 8.58. The van der Waals surface area contributed by atoms with Gasteiger partial charge in [-0.05, 0) is 6.26 Å². The largest absolute Gasteiger partial charge is 0.390 e. The third-order valence-electron chi connectivity index (χ3n) is 2.07. The van der Waals surface area contributed by atoms with Crippen LogP contribution in [0.25, 0.3) is 10.8 Å². The molecule has 2 rings (SSSR count). The Kier molecular flexibility index (Phi) is 2.65. The van der Waals surface area contributed by atoms with Crippen molar-refractivity contribution in [3.63, 3.8) is 0 Å². The molecule has 1 N–H and O–H groups in total. The molecule has 1 aromatic carbocycles. The molecule has 0 aliphatic heterocycles. The Hall–Kier alpha value is -1.13. The minimum Gasteiger partial charge on any atom is -0.390 e. The SMILES string of the molecule is CSc1nnc(CO)c2ccccc12. The maximum Gasteiger partial charge on any atom is 0.126 e. The van der Waals surface area contributed by atoms with Gasteiger partial charge in [-0.15, -0.1) is 16.9 Å². The van der Waals surface area contributed by atoms with Crippen molar-refractivity contribution >= 4 is 22.5 Å². The Morgan fingerprint density at radius 2 is 1.93 bits per heavy atom. The van der Waals surface area contributed by atoms with E-state index in [2.05, 4.69) is 10.2 Å². The van der Waals surface area contributed by atoms with Crippen LogP contribution in [0, 0.1) is 0 Å². The molecule has 0 amide bonds. The van der Waals surface area contributed by atoms with Gasteiger partial charge in [-0.1, -0.05) is 24.3 Å². The summed E-state index contributed by atoms with van der Waals surface area (Å²) in [6.07, 6.45) is 1.97. The number of hydrogen-bond donors (Lipinski definition) is 1. The van der Waals surface area contributed by atoms with Crippen LogP contribution in [0.1, 0.15) is 5.69 Å². The topological polar surface area (TPSA) is 46.0 Å². The Balaban J connectivity index is 2.78. The van der Waals surface area contributed by atoms with Gasteiger partial charge in [0.1, 0.15) is 5.03 Å². The summed E-state index contributed by atoms with van der Waals surface area (Å²) in [6, 6.07) is 7.85. The number of thioether (sulfide) groups is 1. The highest BCUT2D eigenvalue weighted by molar-refractivity contribution is 7.98. The molecule has 72 valence electrons. The first-order valence-corrected chi connectivity index (χ1v) is 5.48. The van der Waals surface area contributed by atoms with E-state index in [9.17, 15) is 0 Å².